The molecule has 0 saturated heterocycles. The minimum atomic E-state index is 0.659. The molecule has 4 aromatic rings. The van der Waals surface area contributed by atoms with Gasteiger partial charge in [-0.2, -0.15) is 5.26 Å². The summed E-state index contributed by atoms with van der Waals surface area (Å²) in [6, 6.07) is 21.7. The van der Waals surface area contributed by atoms with E-state index in [9.17, 15) is 0 Å². The Labute approximate surface area is 161 Å². The van der Waals surface area contributed by atoms with E-state index >= 15 is 0 Å². The summed E-state index contributed by atoms with van der Waals surface area (Å²) in [5.41, 5.74) is 3.94. The third kappa shape index (κ3) is 3.64. The van der Waals surface area contributed by atoms with E-state index in [1.54, 1.807) is 18.0 Å². The average Bonchev–Trinajstić information content (AvgIpc) is 3.36. The van der Waals surface area contributed by atoms with E-state index in [1.807, 2.05) is 53.1 Å². The predicted molar refractivity (Wildman–Crippen MR) is 105 cm³/mol. The van der Waals surface area contributed by atoms with Crippen LogP contribution in [0.1, 0.15) is 16.7 Å². The number of hydrogen-bond acceptors (Lipinski definition) is 5. The van der Waals surface area contributed by atoms with Gasteiger partial charge in [0.25, 0.3) is 0 Å². The highest BCUT2D eigenvalue weighted by Gasteiger charge is 2.18. The second kappa shape index (κ2) is 7.52. The molecule has 5 nitrogen and oxygen atoms in total. The normalized spacial score (nSPS) is 10.7. The van der Waals surface area contributed by atoms with Crippen LogP contribution < -0.4 is 0 Å². The van der Waals surface area contributed by atoms with Crippen molar-refractivity contribution in [3.63, 3.8) is 0 Å². The molecule has 0 fully saturated rings. The monoisotopic (exact) mass is 372 g/mol. The first kappa shape index (κ1) is 17.1. The van der Waals surface area contributed by atoms with Crippen LogP contribution >= 0.6 is 11.8 Å². The Bertz CT molecular complexity index is 1090. The molecule has 2 aromatic heterocycles. The topological polar surface area (TPSA) is 67.6 Å². The van der Waals surface area contributed by atoms with Crippen molar-refractivity contribution in [3.05, 3.63) is 83.6 Å². The number of hydrogen-bond donors (Lipinski definition) is 0. The summed E-state index contributed by atoms with van der Waals surface area (Å²) in [7, 11) is 0. The van der Waals surface area contributed by atoms with Crippen molar-refractivity contribution in [2.75, 3.05) is 0 Å². The fourth-order valence-electron chi connectivity index (χ4n) is 2.75. The molecule has 2 aromatic carbocycles. The molecule has 0 aliphatic carbocycles. The summed E-state index contributed by atoms with van der Waals surface area (Å²) in [6.07, 6.45) is 1.63. The predicted octanol–water partition coefficient (Wildman–Crippen LogP) is 5.00. The van der Waals surface area contributed by atoms with Crippen LogP contribution in [0.25, 0.3) is 17.3 Å². The number of furan rings is 1. The van der Waals surface area contributed by atoms with Crippen LogP contribution in [-0.2, 0) is 5.75 Å². The van der Waals surface area contributed by atoms with Gasteiger partial charge in [-0.15, -0.1) is 10.2 Å². The van der Waals surface area contributed by atoms with Gasteiger partial charge < -0.3 is 4.42 Å². The van der Waals surface area contributed by atoms with Crippen molar-refractivity contribution in [1.82, 2.24) is 14.8 Å². The summed E-state index contributed by atoms with van der Waals surface area (Å²) in [6.45, 7) is 2.06. The molecule has 6 heteroatoms. The Morgan fingerprint density at radius 1 is 1.07 bits per heavy atom. The maximum absolute atomic E-state index is 8.93. The van der Waals surface area contributed by atoms with Crippen molar-refractivity contribution in [2.45, 2.75) is 17.8 Å². The SMILES string of the molecule is Cc1cccc(-n2c(SCc3ccc(C#N)cc3)nnc2-c2ccco2)c1. The molecule has 0 aliphatic rings. The van der Waals surface area contributed by atoms with Gasteiger partial charge in [0.15, 0.2) is 10.9 Å². The van der Waals surface area contributed by atoms with Crippen LogP contribution in [0.3, 0.4) is 0 Å². The third-order valence-corrected chi connectivity index (χ3v) is 5.09. The maximum Gasteiger partial charge on any atom is 0.205 e. The molecular formula is C21H16N4OS. The van der Waals surface area contributed by atoms with E-state index in [0.717, 1.165) is 27.7 Å². The minimum absolute atomic E-state index is 0.659. The number of benzene rings is 2. The molecule has 0 N–H and O–H groups in total. The van der Waals surface area contributed by atoms with Gasteiger partial charge in [0.05, 0.1) is 23.6 Å². The Morgan fingerprint density at radius 2 is 1.93 bits per heavy atom. The van der Waals surface area contributed by atoms with Crippen LogP contribution in [0.4, 0.5) is 0 Å². The zero-order chi connectivity index (χ0) is 18.6. The van der Waals surface area contributed by atoms with E-state index in [0.29, 0.717) is 17.1 Å². The van der Waals surface area contributed by atoms with Gasteiger partial charge in [0.2, 0.25) is 5.82 Å². The zero-order valence-electron chi connectivity index (χ0n) is 14.7. The van der Waals surface area contributed by atoms with Crippen LogP contribution in [0.15, 0.2) is 76.5 Å². The first-order valence-electron chi connectivity index (χ1n) is 8.43. The molecule has 27 heavy (non-hydrogen) atoms. The number of nitriles is 1. The fourth-order valence-corrected chi connectivity index (χ4v) is 3.66. The summed E-state index contributed by atoms with van der Waals surface area (Å²) in [4.78, 5) is 0. The van der Waals surface area contributed by atoms with Crippen molar-refractivity contribution in [1.29, 1.82) is 5.26 Å². The Morgan fingerprint density at radius 3 is 2.63 bits per heavy atom. The molecule has 4 rings (SSSR count). The second-order valence-corrected chi connectivity index (χ2v) is 7.00. The second-order valence-electron chi connectivity index (χ2n) is 6.06. The Balaban J connectivity index is 1.69. The van der Waals surface area contributed by atoms with E-state index in [1.165, 1.54) is 0 Å². The first-order chi connectivity index (χ1) is 13.2. The number of aryl methyl sites for hydroxylation is 1. The zero-order valence-corrected chi connectivity index (χ0v) is 15.5. The lowest BCUT2D eigenvalue weighted by Gasteiger charge is -2.10. The van der Waals surface area contributed by atoms with Crippen molar-refractivity contribution >= 4 is 11.8 Å². The summed E-state index contributed by atoms with van der Waals surface area (Å²) < 4.78 is 7.56. The lowest BCUT2D eigenvalue weighted by molar-refractivity contribution is 0.575. The van der Waals surface area contributed by atoms with Crippen molar-refractivity contribution < 1.29 is 4.42 Å². The number of thioether (sulfide) groups is 1. The highest BCUT2D eigenvalue weighted by atomic mass is 32.2. The molecular weight excluding hydrogens is 356 g/mol. The van der Waals surface area contributed by atoms with Crippen LogP contribution in [0, 0.1) is 18.3 Å². The summed E-state index contributed by atoms with van der Waals surface area (Å²) >= 11 is 1.60. The molecule has 0 amide bonds. The number of nitrogens with zero attached hydrogens (tertiary/aromatic N) is 4. The molecule has 0 unspecified atom stereocenters. The van der Waals surface area contributed by atoms with Gasteiger partial charge in [0, 0.05) is 5.75 Å². The van der Waals surface area contributed by atoms with Crippen molar-refractivity contribution in [2.24, 2.45) is 0 Å². The van der Waals surface area contributed by atoms with Gasteiger partial charge in [-0.05, 0) is 54.4 Å². The standard InChI is InChI=1S/C21H16N4OS/c1-15-4-2-5-18(12-15)25-20(19-6-3-11-26-19)23-24-21(25)27-14-17-9-7-16(13-22)8-10-17/h2-12H,14H2,1H3. The van der Waals surface area contributed by atoms with Gasteiger partial charge in [0.1, 0.15) is 0 Å². The number of rotatable bonds is 5. The molecule has 0 saturated carbocycles. The summed E-state index contributed by atoms with van der Waals surface area (Å²) in [5.74, 6) is 2.08. The van der Waals surface area contributed by atoms with E-state index < -0.39 is 0 Å². The van der Waals surface area contributed by atoms with Gasteiger partial charge in [-0.3, -0.25) is 4.57 Å². The molecule has 0 atom stereocenters. The van der Waals surface area contributed by atoms with E-state index in [2.05, 4.69) is 35.3 Å². The highest BCUT2D eigenvalue weighted by Crippen LogP contribution is 2.30. The molecule has 0 radical (unpaired) electrons. The molecule has 2 heterocycles. The van der Waals surface area contributed by atoms with E-state index in [-0.39, 0.29) is 0 Å². The minimum Gasteiger partial charge on any atom is -0.461 e. The average molecular weight is 372 g/mol. The van der Waals surface area contributed by atoms with Crippen LogP contribution in [0.2, 0.25) is 0 Å². The molecule has 0 aliphatic heterocycles. The van der Waals surface area contributed by atoms with E-state index in [4.69, 9.17) is 9.68 Å². The lowest BCUT2D eigenvalue weighted by atomic mass is 10.2. The smallest absolute Gasteiger partial charge is 0.205 e. The Hall–Kier alpha value is -3.30. The fraction of sp³-hybridized carbons (Fsp3) is 0.0952. The van der Waals surface area contributed by atoms with Gasteiger partial charge in [-0.1, -0.05) is 36.0 Å². The molecule has 0 bridgehead atoms. The quantitative estimate of drug-likeness (QED) is 0.461. The van der Waals surface area contributed by atoms with Crippen LogP contribution in [-0.4, -0.2) is 14.8 Å². The largest absolute Gasteiger partial charge is 0.461 e. The molecule has 132 valence electrons. The summed E-state index contributed by atoms with van der Waals surface area (Å²) in [5, 5.41) is 18.5. The highest BCUT2D eigenvalue weighted by molar-refractivity contribution is 7.98. The lowest BCUT2D eigenvalue weighted by Crippen LogP contribution is -1.99. The first-order valence-corrected chi connectivity index (χ1v) is 9.41. The Kier molecular flexibility index (Phi) is 4.77. The molecule has 0 spiro atoms. The maximum atomic E-state index is 8.93. The van der Waals surface area contributed by atoms with Gasteiger partial charge >= 0.3 is 0 Å². The third-order valence-electron chi connectivity index (χ3n) is 4.09. The van der Waals surface area contributed by atoms with Crippen molar-refractivity contribution in [3.8, 4) is 23.3 Å². The number of aromatic nitrogens is 3. The van der Waals surface area contributed by atoms with Crippen LogP contribution in [0.5, 0.6) is 0 Å². The van der Waals surface area contributed by atoms with Gasteiger partial charge in [-0.25, -0.2) is 0 Å².